The Labute approximate surface area is 104 Å². The monoisotopic (exact) mass is 293 g/mol. The molecule has 84 valence electrons. The van der Waals surface area contributed by atoms with Crippen molar-refractivity contribution in [2.45, 2.75) is 25.3 Å². The molecule has 1 aromatic rings. The number of benzene rings is 1. The summed E-state index contributed by atoms with van der Waals surface area (Å²) in [5.41, 5.74) is 1.06. The molecule has 0 bridgehead atoms. The molecule has 15 heavy (non-hydrogen) atoms. The van der Waals surface area contributed by atoms with Crippen LogP contribution < -0.4 is 5.32 Å². The summed E-state index contributed by atoms with van der Waals surface area (Å²) in [6.45, 7) is 1.04. The van der Waals surface area contributed by atoms with Gasteiger partial charge in [0.2, 0.25) is 0 Å². The second-order valence-corrected chi connectivity index (χ2v) is 4.53. The molecule has 0 amide bonds. The van der Waals surface area contributed by atoms with Crippen molar-refractivity contribution in [1.29, 1.82) is 0 Å². The Hall–Kier alpha value is -0.120. The molecule has 2 rings (SSSR count). The van der Waals surface area contributed by atoms with E-state index in [2.05, 4.69) is 21.2 Å². The third-order valence-corrected chi connectivity index (χ3v) is 3.30. The molecule has 0 radical (unpaired) electrons. The Morgan fingerprint density at radius 2 is 2.13 bits per heavy atom. The van der Waals surface area contributed by atoms with Gasteiger partial charge in [-0.2, -0.15) is 0 Å². The third-order valence-electron chi connectivity index (χ3n) is 2.66. The van der Waals surface area contributed by atoms with Crippen molar-refractivity contribution >= 4 is 28.3 Å². The minimum atomic E-state index is -0.171. The van der Waals surface area contributed by atoms with E-state index in [0.717, 1.165) is 18.5 Å². The summed E-state index contributed by atoms with van der Waals surface area (Å²) < 4.78 is 13.8. The van der Waals surface area contributed by atoms with E-state index in [1.54, 1.807) is 12.1 Å². The van der Waals surface area contributed by atoms with Gasteiger partial charge < -0.3 is 5.32 Å². The lowest BCUT2D eigenvalue weighted by atomic mass is 9.98. The number of piperidine rings is 1. The van der Waals surface area contributed by atoms with Crippen molar-refractivity contribution < 1.29 is 4.39 Å². The van der Waals surface area contributed by atoms with E-state index in [9.17, 15) is 4.39 Å². The summed E-state index contributed by atoms with van der Waals surface area (Å²) in [4.78, 5) is 0. The Balaban J connectivity index is 0.00000112. The first kappa shape index (κ1) is 12.9. The van der Waals surface area contributed by atoms with Gasteiger partial charge in [0.25, 0.3) is 0 Å². The predicted molar refractivity (Wildman–Crippen MR) is 65.9 cm³/mol. The molecule has 1 N–H and O–H groups in total. The molecule has 1 heterocycles. The molecule has 0 saturated carbocycles. The second-order valence-electron chi connectivity index (χ2n) is 3.68. The van der Waals surface area contributed by atoms with E-state index in [0.29, 0.717) is 10.5 Å². The van der Waals surface area contributed by atoms with Crippen molar-refractivity contribution in [2.75, 3.05) is 6.54 Å². The van der Waals surface area contributed by atoms with Gasteiger partial charge in [0.15, 0.2) is 0 Å². The summed E-state index contributed by atoms with van der Waals surface area (Å²) >= 11 is 3.16. The van der Waals surface area contributed by atoms with Gasteiger partial charge in [0, 0.05) is 6.04 Å². The minimum Gasteiger partial charge on any atom is -0.310 e. The van der Waals surface area contributed by atoms with Gasteiger partial charge in [0.05, 0.1) is 4.47 Å². The van der Waals surface area contributed by atoms with E-state index in [1.165, 1.54) is 12.8 Å². The minimum absolute atomic E-state index is 0. The molecule has 1 aliphatic rings. The van der Waals surface area contributed by atoms with Crippen LogP contribution in [0.25, 0.3) is 0 Å². The zero-order chi connectivity index (χ0) is 9.97. The fraction of sp³-hybridized carbons (Fsp3) is 0.455. The molecule has 0 aliphatic carbocycles. The summed E-state index contributed by atoms with van der Waals surface area (Å²) in [6, 6.07) is 5.72. The van der Waals surface area contributed by atoms with Gasteiger partial charge in [-0.25, -0.2) is 4.39 Å². The number of hydrogen-bond acceptors (Lipinski definition) is 1. The van der Waals surface area contributed by atoms with Crippen LogP contribution in [0.1, 0.15) is 30.9 Å². The highest BCUT2D eigenvalue weighted by Crippen LogP contribution is 2.25. The maximum atomic E-state index is 13.3. The molecular weight excluding hydrogens is 280 g/mol. The van der Waals surface area contributed by atoms with Crippen LogP contribution in [0.3, 0.4) is 0 Å². The van der Waals surface area contributed by atoms with Crippen LogP contribution in [-0.2, 0) is 0 Å². The molecule has 1 saturated heterocycles. The van der Waals surface area contributed by atoms with Crippen molar-refractivity contribution in [2.24, 2.45) is 0 Å². The maximum absolute atomic E-state index is 13.3. The molecule has 1 aromatic carbocycles. The number of halogens is 3. The number of rotatable bonds is 1. The van der Waals surface area contributed by atoms with Gasteiger partial charge in [-0.1, -0.05) is 12.5 Å². The number of hydrogen-bond donors (Lipinski definition) is 1. The van der Waals surface area contributed by atoms with Crippen molar-refractivity contribution in [3.8, 4) is 0 Å². The Morgan fingerprint density at radius 1 is 1.33 bits per heavy atom. The zero-order valence-electron chi connectivity index (χ0n) is 8.30. The topological polar surface area (TPSA) is 12.0 Å². The highest BCUT2D eigenvalue weighted by molar-refractivity contribution is 9.10. The summed E-state index contributed by atoms with van der Waals surface area (Å²) in [7, 11) is 0. The van der Waals surface area contributed by atoms with E-state index < -0.39 is 0 Å². The highest BCUT2D eigenvalue weighted by Gasteiger charge is 2.15. The smallest absolute Gasteiger partial charge is 0.137 e. The highest BCUT2D eigenvalue weighted by atomic mass is 79.9. The Morgan fingerprint density at radius 3 is 2.73 bits per heavy atom. The first-order valence-corrected chi connectivity index (χ1v) is 5.75. The lowest BCUT2D eigenvalue weighted by molar-refractivity contribution is 0.411. The molecule has 0 unspecified atom stereocenters. The van der Waals surface area contributed by atoms with Crippen LogP contribution in [-0.4, -0.2) is 6.54 Å². The van der Waals surface area contributed by atoms with Crippen LogP contribution in [0, 0.1) is 5.82 Å². The molecule has 1 fully saturated rings. The van der Waals surface area contributed by atoms with Gasteiger partial charge in [-0.05, 0) is 53.0 Å². The fourth-order valence-corrected chi connectivity index (χ4v) is 2.11. The fourth-order valence-electron chi connectivity index (χ4n) is 1.87. The van der Waals surface area contributed by atoms with Gasteiger partial charge >= 0.3 is 0 Å². The summed E-state index contributed by atoms with van der Waals surface area (Å²) in [5, 5.41) is 3.40. The van der Waals surface area contributed by atoms with Crippen LogP contribution in [0.5, 0.6) is 0 Å². The SMILES string of the molecule is Cl.Fc1cc([C@H]2CCCCN2)ccc1Br. The van der Waals surface area contributed by atoms with E-state index in [4.69, 9.17) is 0 Å². The molecule has 0 aromatic heterocycles. The van der Waals surface area contributed by atoms with Crippen LogP contribution >= 0.6 is 28.3 Å². The molecule has 1 atom stereocenters. The predicted octanol–water partition coefficient (Wildman–Crippen LogP) is 3.82. The van der Waals surface area contributed by atoms with Crippen molar-refractivity contribution in [1.82, 2.24) is 5.32 Å². The lowest BCUT2D eigenvalue weighted by Gasteiger charge is -2.23. The molecule has 1 nitrogen and oxygen atoms in total. The maximum Gasteiger partial charge on any atom is 0.137 e. The summed E-state index contributed by atoms with van der Waals surface area (Å²) in [6.07, 6.45) is 3.58. The van der Waals surface area contributed by atoms with Gasteiger partial charge in [-0.15, -0.1) is 12.4 Å². The van der Waals surface area contributed by atoms with E-state index in [1.807, 2.05) is 6.07 Å². The molecule has 1 aliphatic heterocycles. The van der Waals surface area contributed by atoms with E-state index in [-0.39, 0.29) is 18.2 Å². The lowest BCUT2D eigenvalue weighted by Crippen LogP contribution is -2.26. The summed E-state index contributed by atoms with van der Waals surface area (Å²) in [5.74, 6) is -0.171. The largest absolute Gasteiger partial charge is 0.310 e. The Kier molecular flexibility index (Phi) is 5.03. The first-order chi connectivity index (χ1) is 6.77. The van der Waals surface area contributed by atoms with Gasteiger partial charge in [0.1, 0.15) is 5.82 Å². The van der Waals surface area contributed by atoms with Gasteiger partial charge in [-0.3, -0.25) is 0 Å². The van der Waals surface area contributed by atoms with Crippen molar-refractivity contribution in [3.63, 3.8) is 0 Å². The first-order valence-electron chi connectivity index (χ1n) is 4.96. The second kappa shape index (κ2) is 5.83. The Bertz CT molecular complexity index is 326. The quantitative estimate of drug-likeness (QED) is 0.830. The normalized spacial score (nSPS) is 20.8. The van der Waals surface area contributed by atoms with Crippen LogP contribution in [0.2, 0.25) is 0 Å². The average molecular weight is 295 g/mol. The molecule has 0 spiro atoms. The number of nitrogens with one attached hydrogen (secondary N) is 1. The van der Waals surface area contributed by atoms with Crippen molar-refractivity contribution in [3.05, 3.63) is 34.1 Å². The third kappa shape index (κ3) is 3.16. The average Bonchev–Trinajstić information content (AvgIpc) is 2.23. The van der Waals surface area contributed by atoms with E-state index >= 15 is 0 Å². The van der Waals surface area contributed by atoms with Crippen LogP contribution in [0.15, 0.2) is 22.7 Å². The standard InChI is InChI=1S/C11H13BrFN.ClH/c12-9-5-4-8(7-10(9)13)11-3-1-2-6-14-11;/h4-5,7,11,14H,1-3,6H2;1H/t11-;/m1./s1. The van der Waals surface area contributed by atoms with Crippen LogP contribution in [0.4, 0.5) is 4.39 Å². The molecule has 4 heteroatoms. The molecular formula is C11H14BrClFN. The zero-order valence-corrected chi connectivity index (χ0v) is 10.7.